The van der Waals surface area contributed by atoms with Crippen LogP contribution in [0.5, 0.6) is 0 Å². The Bertz CT molecular complexity index is 585. The van der Waals surface area contributed by atoms with Crippen LogP contribution in [-0.2, 0) is 20.7 Å². The van der Waals surface area contributed by atoms with E-state index < -0.39 is 11.4 Å². The number of aliphatic carboxylic acids is 1. The fourth-order valence-corrected chi connectivity index (χ4v) is 3.56. The van der Waals surface area contributed by atoms with Gasteiger partial charge in [0.15, 0.2) is 0 Å². The number of carbonyl (C=O) groups is 2. The first-order valence-corrected chi connectivity index (χ1v) is 8.93. The van der Waals surface area contributed by atoms with E-state index in [4.69, 9.17) is 9.84 Å². The molecule has 0 aliphatic carbocycles. The van der Waals surface area contributed by atoms with Crippen molar-refractivity contribution in [1.29, 1.82) is 0 Å². The van der Waals surface area contributed by atoms with E-state index in [9.17, 15) is 9.59 Å². The Kier molecular flexibility index (Phi) is 6.59. The molecule has 0 spiro atoms. The number of hydrogen-bond acceptors (Lipinski definition) is 3. The molecule has 25 heavy (non-hydrogen) atoms. The molecule has 2 atom stereocenters. The molecule has 1 heterocycles. The third-order valence-electron chi connectivity index (χ3n) is 5.07. The monoisotopic (exact) mass is 347 g/mol. The third kappa shape index (κ3) is 5.30. The van der Waals surface area contributed by atoms with Crippen molar-refractivity contribution in [3.8, 4) is 0 Å². The van der Waals surface area contributed by atoms with Crippen LogP contribution in [-0.4, -0.2) is 47.7 Å². The van der Waals surface area contributed by atoms with Crippen molar-refractivity contribution in [1.82, 2.24) is 4.90 Å². The molecule has 0 radical (unpaired) electrons. The van der Waals surface area contributed by atoms with E-state index in [-0.39, 0.29) is 24.5 Å². The van der Waals surface area contributed by atoms with Crippen LogP contribution in [0.3, 0.4) is 0 Å². The van der Waals surface area contributed by atoms with Crippen molar-refractivity contribution in [2.45, 2.75) is 58.1 Å². The van der Waals surface area contributed by atoms with Crippen molar-refractivity contribution in [2.24, 2.45) is 5.41 Å². The highest BCUT2D eigenvalue weighted by molar-refractivity contribution is 5.83. The van der Waals surface area contributed by atoms with Gasteiger partial charge in [-0.05, 0) is 31.2 Å². The lowest BCUT2D eigenvalue weighted by Crippen LogP contribution is -2.44. The van der Waals surface area contributed by atoms with E-state index >= 15 is 0 Å². The number of carbonyl (C=O) groups excluding carboxylic acids is 1. The lowest BCUT2D eigenvalue weighted by molar-refractivity contribution is -0.144. The summed E-state index contributed by atoms with van der Waals surface area (Å²) in [4.78, 5) is 25.9. The quantitative estimate of drug-likeness (QED) is 0.784. The molecule has 1 N–H and O–H groups in total. The second-order valence-electron chi connectivity index (χ2n) is 7.53. The Hall–Kier alpha value is -1.88. The number of carboxylic acids is 1. The molecule has 2 unspecified atom stereocenters. The highest BCUT2D eigenvalue weighted by Gasteiger charge is 2.41. The van der Waals surface area contributed by atoms with Gasteiger partial charge in [0, 0.05) is 25.1 Å². The number of ether oxygens (including phenoxy) is 1. The topological polar surface area (TPSA) is 66.8 Å². The van der Waals surface area contributed by atoms with Gasteiger partial charge in [0.25, 0.3) is 0 Å². The SMILES string of the molecule is COC1CC(CC(=O)O)N(C(=O)C(C)(C)CCCc2ccccc2)C1. The fraction of sp³-hybridized carbons (Fsp3) is 0.600. The van der Waals surface area contributed by atoms with Crippen molar-refractivity contribution in [3.63, 3.8) is 0 Å². The Morgan fingerprint density at radius 2 is 1.96 bits per heavy atom. The largest absolute Gasteiger partial charge is 0.481 e. The zero-order valence-corrected chi connectivity index (χ0v) is 15.4. The summed E-state index contributed by atoms with van der Waals surface area (Å²) in [5.41, 5.74) is 0.767. The van der Waals surface area contributed by atoms with Gasteiger partial charge in [0.2, 0.25) is 5.91 Å². The number of nitrogens with zero attached hydrogens (tertiary/aromatic N) is 1. The van der Waals surface area contributed by atoms with E-state index in [1.54, 1.807) is 12.0 Å². The van der Waals surface area contributed by atoms with Crippen LogP contribution in [0.25, 0.3) is 0 Å². The summed E-state index contributed by atoms with van der Waals surface area (Å²) in [6.07, 6.45) is 3.13. The van der Waals surface area contributed by atoms with Gasteiger partial charge in [0.05, 0.1) is 12.5 Å². The minimum absolute atomic E-state index is 0.0221. The number of aryl methyl sites for hydroxylation is 1. The molecule has 1 fully saturated rings. The Morgan fingerprint density at radius 3 is 2.56 bits per heavy atom. The van der Waals surface area contributed by atoms with E-state index in [0.29, 0.717) is 13.0 Å². The summed E-state index contributed by atoms with van der Waals surface area (Å²) in [6, 6.07) is 9.97. The summed E-state index contributed by atoms with van der Waals surface area (Å²) in [6.45, 7) is 4.39. The Labute approximate surface area is 150 Å². The van der Waals surface area contributed by atoms with Crippen LogP contribution in [0.15, 0.2) is 30.3 Å². The van der Waals surface area contributed by atoms with Crippen molar-refractivity contribution < 1.29 is 19.4 Å². The minimum Gasteiger partial charge on any atom is -0.481 e. The number of hydrogen-bond donors (Lipinski definition) is 1. The molecule has 1 aromatic carbocycles. The molecule has 1 aliphatic rings. The van der Waals surface area contributed by atoms with E-state index in [1.807, 2.05) is 32.0 Å². The minimum atomic E-state index is -0.874. The van der Waals surface area contributed by atoms with Crippen LogP contribution in [0.4, 0.5) is 0 Å². The van der Waals surface area contributed by atoms with Crippen molar-refractivity contribution in [2.75, 3.05) is 13.7 Å². The fourth-order valence-electron chi connectivity index (χ4n) is 3.56. The Morgan fingerprint density at radius 1 is 1.28 bits per heavy atom. The molecular weight excluding hydrogens is 318 g/mol. The predicted octanol–water partition coefficient (Wildman–Crippen LogP) is 3.13. The molecule has 0 aromatic heterocycles. The van der Waals surface area contributed by atoms with Gasteiger partial charge in [-0.3, -0.25) is 9.59 Å². The van der Waals surface area contributed by atoms with Gasteiger partial charge in [-0.25, -0.2) is 0 Å². The smallest absolute Gasteiger partial charge is 0.305 e. The van der Waals surface area contributed by atoms with Crippen LogP contribution in [0.1, 0.15) is 45.1 Å². The van der Waals surface area contributed by atoms with E-state index in [0.717, 1.165) is 19.3 Å². The summed E-state index contributed by atoms with van der Waals surface area (Å²) in [5, 5.41) is 9.12. The lowest BCUT2D eigenvalue weighted by atomic mass is 9.84. The van der Waals surface area contributed by atoms with E-state index in [1.165, 1.54) is 5.56 Å². The first-order chi connectivity index (χ1) is 11.8. The summed E-state index contributed by atoms with van der Waals surface area (Å²) in [5.74, 6) is -0.840. The zero-order valence-electron chi connectivity index (χ0n) is 15.4. The lowest BCUT2D eigenvalue weighted by Gasteiger charge is -2.32. The Balaban J connectivity index is 1.96. The second kappa shape index (κ2) is 8.48. The molecule has 138 valence electrons. The van der Waals surface area contributed by atoms with Gasteiger partial charge in [0.1, 0.15) is 0 Å². The van der Waals surface area contributed by atoms with E-state index in [2.05, 4.69) is 12.1 Å². The number of benzene rings is 1. The van der Waals surface area contributed by atoms with Gasteiger partial charge in [-0.2, -0.15) is 0 Å². The molecule has 1 saturated heterocycles. The van der Waals surface area contributed by atoms with Gasteiger partial charge in [-0.1, -0.05) is 44.2 Å². The average Bonchev–Trinajstić information content (AvgIpc) is 2.97. The average molecular weight is 347 g/mol. The maximum Gasteiger partial charge on any atom is 0.305 e. The van der Waals surface area contributed by atoms with Crippen LogP contribution in [0.2, 0.25) is 0 Å². The summed E-state index contributed by atoms with van der Waals surface area (Å²) < 4.78 is 5.37. The molecule has 5 heteroatoms. The van der Waals surface area contributed by atoms with Crippen LogP contribution >= 0.6 is 0 Å². The highest BCUT2D eigenvalue weighted by atomic mass is 16.5. The molecule has 5 nitrogen and oxygen atoms in total. The molecular formula is C20H29NO4. The number of likely N-dealkylation sites (tertiary alicyclic amines) is 1. The van der Waals surface area contributed by atoms with Gasteiger partial charge in [-0.15, -0.1) is 0 Å². The highest BCUT2D eigenvalue weighted by Crippen LogP contribution is 2.32. The number of methoxy groups -OCH3 is 1. The molecule has 0 bridgehead atoms. The standard InChI is InChI=1S/C20H29NO4/c1-20(2,11-7-10-15-8-5-4-6-9-15)19(24)21-14-17(25-3)12-16(21)13-18(22)23/h4-6,8-9,16-17H,7,10-14H2,1-3H3,(H,22,23). The zero-order chi connectivity index (χ0) is 18.4. The number of rotatable bonds is 8. The summed E-state index contributed by atoms with van der Waals surface area (Å²) in [7, 11) is 1.61. The third-order valence-corrected chi connectivity index (χ3v) is 5.07. The first-order valence-electron chi connectivity index (χ1n) is 8.93. The molecule has 0 saturated carbocycles. The van der Waals surface area contributed by atoms with Crippen molar-refractivity contribution >= 4 is 11.9 Å². The molecule has 1 aliphatic heterocycles. The van der Waals surface area contributed by atoms with Gasteiger partial charge >= 0.3 is 5.97 Å². The maximum absolute atomic E-state index is 13.0. The molecule has 1 amide bonds. The van der Waals surface area contributed by atoms with Gasteiger partial charge < -0.3 is 14.7 Å². The van der Waals surface area contributed by atoms with Crippen LogP contribution in [0, 0.1) is 5.41 Å². The first kappa shape index (κ1) is 19.4. The van der Waals surface area contributed by atoms with Crippen LogP contribution < -0.4 is 0 Å². The predicted molar refractivity (Wildman–Crippen MR) is 96.3 cm³/mol. The molecule has 2 rings (SSSR count). The number of carboxylic acid groups (broad SMARTS) is 1. The maximum atomic E-state index is 13.0. The second-order valence-corrected chi connectivity index (χ2v) is 7.53. The van der Waals surface area contributed by atoms with Crippen molar-refractivity contribution in [3.05, 3.63) is 35.9 Å². The summed E-state index contributed by atoms with van der Waals surface area (Å²) >= 11 is 0. The number of amides is 1. The normalized spacial score (nSPS) is 20.7. The molecule has 1 aromatic rings.